The highest BCUT2D eigenvalue weighted by molar-refractivity contribution is 9.11. The maximum Gasteiger partial charge on any atom is 0.147 e. The Bertz CT molecular complexity index is 385. The molecule has 0 saturated carbocycles. The monoisotopic (exact) mass is 379 g/mol. The van der Waals surface area contributed by atoms with E-state index in [9.17, 15) is 0 Å². The van der Waals surface area contributed by atoms with E-state index < -0.39 is 0 Å². The van der Waals surface area contributed by atoms with Crippen molar-refractivity contribution in [1.29, 1.82) is 0 Å². The maximum absolute atomic E-state index is 5.79. The van der Waals surface area contributed by atoms with Crippen LogP contribution in [0.3, 0.4) is 0 Å². The van der Waals surface area contributed by atoms with Crippen LogP contribution in [0.2, 0.25) is 0 Å². The van der Waals surface area contributed by atoms with E-state index in [-0.39, 0.29) is 5.60 Å². The number of halogens is 2. The molecule has 0 aliphatic rings. The predicted octanol–water partition coefficient (Wildman–Crippen LogP) is 3.86. The van der Waals surface area contributed by atoms with E-state index in [2.05, 4.69) is 31.9 Å². The van der Waals surface area contributed by atoms with Gasteiger partial charge in [0.2, 0.25) is 0 Å². The number of benzene rings is 1. The number of hydrogen-bond acceptors (Lipinski definition) is 3. The molecule has 102 valence electrons. The lowest BCUT2D eigenvalue weighted by Crippen LogP contribution is -2.25. The molecule has 1 aromatic rings. The molecule has 3 nitrogen and oxygen atoms in total. The topological polar surface area (TPSA) is 44.5 Å². The summed E-state index contributed by atoms with van der Waals surface area (Å²) in [5.41, 5.74) is 6.50. The quantitative estimate of drug-likeness (QED) is 0.814. The summed E-state index contributed by atoms with van der Waals surface area (Å²) in [6.45, 7) is 5.18. The molecule has 0 atom stereocenters. The van der Waals surface area contributed by atoms with Gasteiger partial charge in [-0.05, 0) is 63.4 Å². The molecule has 0 unspecified atom stereocenters. The molecule has 0 spiro atoms. The van der Waals surface area contributed by atoms with Gasteiger partial charge in [-0.15, -0.1) is 0 Å². The van der Waals surface area contributed by atoms with Gasteiger partial charge in [0.25, 0.3) is 0 Å². The molecule has 2 N–H and O–H groups in total. The van der Waals surface area contributed by atoms with Crippen molar-refractivity contribution in [3.63, 3.8) is 0 Å². The third-order valence-corrected chi connectivity index (χ3v) is 3.97. The summed E-state index contributed by atoms with van der Waals surface area (Å²) in [6, 6.07) is 3.95. The minimum Gasteiger partial charge on any atom is -0.491 e. The summed E-state index contributed by atoms with van der Waals surface area (Å²) >= 11 is 6.99. The highest BCUT2D eigenvalue weighted by Gasteiger charge is 2.17. The fourth-order valence-corrected chi connectivity index (χ4v) is 2.88. The van der Waals surface area contributed by atoms with Crippen molar-refractivity contribution in [1.82, 2.24) is 0 Å². The lowest BCUT2D eigenvalue weighted by atomic mass is 10.1. The van der Waals surface area contributed by atoms with Gasteiger partial charge in [0.05, 0.1) is 21.2 Å². The molecule has 0 aliphatic heterocycles. The summed E-state index contributed by atoms with van der Waals surface area (Å²) in [4.78, 5) is 0. The first-order valence-electron chi connectivity index (χ1n) is 5.75. The van der Waals surface area contributed by atoms with E-state index in [1.54, 1.807) is 7.11 Å². The van der Waals surface area contributed by atoms with Gasteiger partial charge in [0.15, 0.2) is 0 Å². The second kappa shape index (κ2) is 6.89. The molecule has 0 bridgehead atoms. The van der Waals surface area contributed by atoms with Crippen LogP contribution in [-0.4, -0.2) is 19.3 Å². The molecule has 0 heterocycles. The van der Waals surface area contributed by atoms with Crippen molar-refractivity contribution < 1.29 is 9.47 Å². The first-order valence-corrected chi connectivity index (χ1v) is 7.34. The minimum absolute atomic E-state index is 0.170. The highest BCUT2D eigenvalue weighted by atomic mass is 79.9. The Balaban J connectivity index is 2.68. The summed E-state index contributed by atoms with van der Waals surface area (Å²) < 4.78 is 13.0. The molecule has 0 fully saturated rings. The largest absolute Gasteiger partial charge is 0.491 e. The van der Waals surface area contributed by atoms with E-state index in [1.165, 1.54) is 0 Å². The van der Waals surface area contributed by atoms with Crippen molar-refractivity contribution in [2.45, 2.75) is 32.4 Å². The van der Waals surface area contributed by atoms with Gasteiger partial charge in [-0.25, -0.2) is 0 Å². The van der Waals surface area contributed by atoms with Gasteiger partial charge >= 0.3 is 0 Å². The Morgan fingerprint density at radius 1 is 1.22 bits per heavy atom. The third-order valence-electron chi connectivity index (χ3n) is 2.80. The molecule has 0 aliphatic carbocycles. The van der Waals surface area contributed by atoms with E-state index in [0.717, 1.165) is 26.7 Å². The van der Waals surface area contributed by atoms with Crippen molar-refractivity contribution in [3.05, 3.63) is 26.6 Å². The summed E-state index contributed by atoms with van der Waals surface area (Å²) in [7, 11) is 1.71. The standard InChI is InChI=1S/C13H19Br2NO2/c1-13(2,17-3)4-5-18-12-10(14)6-9(8-16)7-11(12)15/h6-7H,4-5,8,16H2,1-3H3. The van der Waals surface area contributed by atoms with Crippen LogP contribution in [-0.2, 0) is 11.3 Å². The molecule has 1 aromatic carbocycles. The zero-order chi connectivity index (χ0) is 13.8. The molecule has 5 heteroatoms. The minimum atomic E-state index is -0.170. The van der Waals surface area contributed by atoms with E-state index in [4.69, 9.17) is 15.2 Å². The van der Waals surface area contributed by atoms with Crippen LogP contribution in [0.1, 0.15) is 25.8 Å². The van der Waals surface area contributed by atoms with Crippen LogP contribution >= 0.6 is 31.9 Å². The van der Waals surface area contributed by atoms with Gasteiger partial charge in [-0.2, -0.15) is 0 Å². The van der Waals surface area contributed by atoms with Crippen molar-refractivity contribution in [2.24, 2.45) is 5.73 Å². The van der Waals surface area contributed by atoms with Gasteiger partial charge in [0, 0.05) is 20.1 Å². The van der Waals surface area contributed by atoms with Crippen LogP contribution in [0.5, 0.6) is 5.75 Å². The van der Waals surface area contributed by atoms with Gasteiger partial charge in [0.1, 0.15) is 5.75 Å². The van der Waals surface area contributed by atoms with Crippen LogP contribution in [0, 0.1) is 0 Å². The summed E-state index contributed by atoms with van der Waals surface area (Å²) in [6.07, 6.45) is 0.820. The van der Waals surface area contributed by atoms with Crippen LogP contribution < -0.4 is 10.5 Å². The summed E-state index contributed by atoms with van der Waals surface area (Å²) in [5.74, 6) is 0.805. The molecule has 0 amide bonds. The Morgan fingerprint density at radius 3 is 2.22 bits per heavy atom. The smallest absolute Gasteiger partial charge is 0.147 e. The predicted molar refractivity (Wildman–Crippen MR) is 80.9 cm³/mol. The second-order valence-corrected chi connectivity index (χ2v) is 6.36. The molecular formula is C13H19Br2NO2. The normalized spacial score (nSPS) is 11.7. The van der Waals surface area contributed by atoms with Gasteiger partial charge in [-0.3, -0.25) is 0 Å². The number of methoxy groups -OCH3 is 1. The highest BCUT2D eigenvalue weighted by Crippen LogP contribution is 2.35. The van der Waals surface area contributed by atoms with Crippen LogP contribution in [0.25, 0.3) is 0 Å². The summed E-state index contributed by atoms with van der Waals surface area (Å²) in [5, 5.41) is 0. The average Bonchev–Trinajstić information content (AvgIpc) is 2.32. The number of rotatable bonds is 6. The first kappa shape index (κ1) is 16.0. The van der Waals surface area contributed by atoms with Crippen molar-refractivity contribution in [2.75, 3.05) is 13.7 Å². The molecule has 0 aromatic heterocycles. The van der Waals surface area contributed by atoms with E-state index in [0.29, 0.717) is 13.2 Å². The fourth-order valence-electron chi connectivity index (χ4n) is 1.37. The second-order valence-electron chi connectivity index (χ2n) is 4.65. The first-order chi connectivity index (χ1) is 8.39. The van der Waals surface area contributed by atoms with Crippen molar-refractivity contribution >= 4 is 31.9 Å². The van der Waals surface area contributed by atoms with E-state index in [1.807, 2.05) is 26.0 Å². The Kier molecular flexibility index (Phi) is 6.11. The number of ether oxygens (including phenoxy) is 2. The number of hydrogen-bond donors (Lipinski definition) is 1. The lowest BCUT2D eigenvalue weighted by molar-refractivity contribution is 0.00533. The SMILES string of the molecule is COC(C)(C)CCOc1c(Br)cc(CN)cc1Br. The Hall–Kier alpha value is -0.100. The molecule has 18 heavy (non-hydrogen) atoms. The zero-order valence-corrected chi connectivity index (χ0v) is 14.1. The Labute approximate surface area is 125 Å². The lowest BCUT2D eigenvalue weighted by Gasteiger charge is -2.23. The van der Waals surface area contributed by atoms with Crippen molar-refractivity contribution in [3.8, 4) is 5.75 Å². The number of nitrogens with two attached hydrogens (primary N) is 1. The molecule has 1 rings (SSSR count). The van der Waals surface area contributed by atoms with E-state index >= 15 is 0 Å². The molecule has 0 radical (unpaired) electrons. The zero-order valence-electron chi connectivity index (χ0n) is 10.9. The van der Waals surface area contributed by atoms with Gasteiger partial charge < -0.3 is 15.2 Å². The molecule has 0 saturated heterocycles. The maximum atomic E-state index is 5.79. The van der Waals surface area contributed by atoms with Gasteiger partial charge in [-0.1, -0.05) is 0 Å². The Morgan fingerprint density at radius 2 is 1.78 bits per heavy atom. The molecular weight excluding hydrogens is 362 g/mol. The third kappa shape index (κ3) is 4.53. The fraction of sp³-hybridized carbons (Fsp3) is 0.538. The average molecular weight is 381 g/mol. The van der Waals surface area contributed by atoms with Crippen LogP contribution in [0.15, 0.2) is 21.1 Å². The van der Waals surface area contributed by atoms with Crippen LogP contribution in [0.4, 0.5) is 0 Å².